The molecule has 1 aromatic rings. The first-order valence-electron chi connectivity index (χ1n) is 7.11. The average Bonchev–Trinajstić information content (AvgIpc) is 2.78. The lowest BCUT2D eigenvalue weighted by atomic mass is 10.0. The Balaban J connectivity index is 1.97. The van der Waals surface area contributed by atoms with E-state index in [1.54, 1.807) is 12.1 Å². The highest BCUT2D eigenvalue weighted by atomic mass is 19.4. The van der Waals surface area contributed by atoms with Crippen LogP contribution in [0.4, 0.5) is 13.2 Å². The van der Waals surface area contributed by atoms with Crippen molar-refractivity contribution in [2.24, 2.45) is 0 Å². The Labute approximate surface area is 126 Å². The van der Waals surface area contributed by atoms with Crippen molar-refractivity contribution >= 4 is 5.91 Å². The minimum absolute atomic E-state index is 0.0811. The Morgan fingerprint density at radius 2 is 2.18 bits per heavy atom. The van der Waals surface area contributed by atoms with Crippen LogP contribution in [0.2, 0.25) is 0 Å². The van der Waals surface area contributed by atoms with Crippen LogP contribution in [0.5, 0.6) is 0 Å². The molecule has 0 aliphatic carbocycles. The number of hydrogen-bond acceptors (Lipinski definition) is 3. The van der Waals surface area contributed by atoms with Crippen LogP contribution in [0.1, 0.15) is 30.5 Å². The number of aliphatic hydroxyl groups excluding tert-OH is 1. The van der Waals surface area contributed by atoms with Crippen molar-refractivity contribution in [2.45, 2.75) is 38.2 Å². The van der Waals surface area contributed by atoms with Gasteiger partial charge in [0.25, 0.3) is 0 Å². The predicted molar refractivity (Wildman–Crippen MR) is 75.0 cm³/mol. The molecule has 0 radical (unpaired) electrons. The fourth-order valence-corrected chi connectivity index (χ4v) is 2.63. The van der Waals surface area contributed by atoms with Crippen LogP contribution in [0.3, 0.4) is 0 Å². The van der Waals surface area contributed by atoms with Crippen molar-refractivity contribution < 1.29 is 23.1 Å². The zero-order valence-electron chi connectivity index (χ0n) is 12.2. The Kier molecular flexibility index (Phi) is 5.08. The van der Waals surface area contributed by atoms with E-state index in [9.17, 15) is 18.0 Å². The number of nitrogens with one attached hydrogen (secondary N) is 1. The van der Waals surface area contributed by atoms with E-state index in [0.717, 1.165) is 16.0 Å². The van der Waals surface area contributed by atoms with Crippen LogP contribution in [-0.2, 0) is 11.4 Å². The SMILES string of the molecule is CC(NC1CCN(CC(F)(F)F)C1=O)c1cccc(CO)c1. The molecule has 1 aromatic carbocycles. The van der Waals surface area contributed by atoms with E-state index in [1.807, 2.05) is 19.1 Å². The van der Waals surface area contributed by atoms with Crippen LogP contribution in [0, 0.1) is 0 Å². The first-order valence-corrected chi connectivity index (χ1v) is 7.11. The number of hydrogen-bond donors (Lipinski definition) is 2. The zero-order valence-corrected chi connectivity index (χ0v) is 12.2. The van der Waals surface area contributed by atoms with Crippen LogP contribution in [0.25, 0.3) is 0 Å². The minimum atomic E-state index is -4.37. The number of carbonyl (C=O) groups excluding carboxylic acids is 1. The summed E-state index contributed by atoms with van der Waals surface area (Å²) in [6.07, 6.45) is -4.01. The van der Waals surface area contributed by atoms with Gasteiger partial charge in [-0.25, -0.2) is 0 Å². The first-order chi connectivity index (χ1) is 10.3. The van der Waals surface area contributed by atoms with E-state index in [-0.39, 0.29) is 19.2 Å². The number of aliphatic hydroxyl groups is 1. The van der Waals surface area contributed by atoms with Crippen molar-refractivity contribution in [3.05, 3.63) is 35.4 Å². The molecule has 1 aliphatic heterocycles. The highest BCUT2D eigenvalue weighted by Gasteiger charge is 2.39. The van der Waals surface area contributed by atoms with Crippen molar-refractivity contribution in [1.29, 1.82) is 0 Å². The first kappa shape index (κ1) is 16.8. The van der Waals surface area contributed by atoms with Gasteiger partial charge in [-0.1, -0.05) is 24.3 Å². The van der Waals surface area contributed by atoms with Crippen LogP contribution in [-0.4, -0.2) is 41.2 Å². The van der Waals surface area contributed by atoms with E-state index < -0.39 is 24.7 Å². The summed E-state index contributed by atoms with van der Waals surface area (Å²) in [6, 6.07) is 6.45. The topological polar surface area (TPSA) is 52.6 Å². The van der Waals surface area contributed by atoms with Gasteiger partial charge in [0.1, 0.15) is 6.54 Å². The number of alkyl halides is 3. The maximum absolute atomic E-state index is 12.4. The number of likely N-dealkylation sites (tertiary alicyclic amines) is 1. The highest BCUT2D eigenvalue weighted by Crippen LogP contribution is 2.23. The molecule has 2 N–H and O–H groups in total. The lowest BCUT2D eigenvalue weighted by Gasteiger charge is -2.21. The Bertz CT molecular complexity index is 534. The Morgan fingerprint density at radius 3 is 2.82 bits per heavy atom. The fraction of sp³-hybridized carbons (Fsp3) is 0.533. The smallest absolute Gasteiger partial charge is 0.392 e. The predicted octanol–water partition coefficient (Wildman–Crippen LogP) is 1.99. The fourth-order valence-electron chi connectivity index (χ4n) is 2.63. The molecule has 1 heterocycles. The molecule has 22 heavy (non-hydrogen) atoms. The van der Waals surface area contributed by atoms with Gasteiger partial charge in [0.15, 0.2) is 0 Å². The summed E-state index contributed by atoms with van der Waals surface area (Å²) in [6.45, 7) is 0.677. The third-order valence-corrected chi connectivity index (χ3v) is 3.75. The van der Waals surface area contributed by atoms with E-state index in [1.165, 1.54) is 0 Å². The van der Waals surface area contributed by atoms with E-state index >= 15 is 0 Å². The van der Waals surface area contributed by atoms with Crippen molar-refractivity contribution in [3.63, 3.8) is 0 Å². The molecule has 0 saturated carbocycles. The normalized spacial score (nSPS) is 20.5. The van der Waals surface area contributed by atoms with Crippen LogP contribution >= 0.6 is 0 Å². The molecule has 1 amide bonds. The molecule has 2 unspecified atom stereocenters. The molecule has 1 aliphatic rings. The van der Waals surface area contributed by atoms with E-state index in [4.69, 9.17) is 5.11 Å². The molecule has 0 spiro atoms. The second-order valence-electron chi connectivity index (χ2n) is 5.51. The lowest BCUT2D eigenvalue weighted by Crippen LogP contribution is -2.42. The molecule has 7 heteroatoms. The lowest BCUT2D eigenvalue weighted by molar-refractivity contribution is -0.158. The number of rotatable bonds is 5. The van der Waals surface area contributed by atoms with Crippen LogP contribution in [0.15, 0.2) is 24.3 Å². The molecule has 2 atom stereocenters. The summed E-state index contributed by atoms with van der Waals surface area (Å²) in [5.41, 5.74) is 1.64. The molecule has 2 rings (SSSR count). The summed E-state index contributed by atoms with van der Waals surface area (Å²) in [4.78, 5) is 12.8. The van der Waals surface area contributed by atoms with Gasteiger partial charge in [0, 0.05) is 12.6 Å². The van der Waals surface area contributed by atoms with Gasteiger partial charge in [0.05, 0.1) is 12.6 Å². The largest absolute Gasteiger partial charge is 0.406 e. The number of amides is 1. The average molecular weight is 316 g/mol. The summed E-state index contributed by atoms with van der Waals surface area (Å²) >= 11 is 0. The van der Waals surface area contributed by atoms with Crippen molar-refractivity contribution in [1.82, 2.24) is 10.2 Å². The van der Waals surface area contributed by atoms with Gasteiger partial charge in [0.2, 0.25) is 5.91 Å². The highest BCUT2D eigenvalue weighted by molar-refractivity contribution is 5.84. The third kappa shape index (κ3) is 4.20. The van der Waals surface area contributed by atoms with Crippen molar-refractivity contribution in [2.75, 3.05) is 13.1 Å². The number of carbonyl (C=O) groups is 1. The van der Waals surface area contributed by atoms with E-state index in [0.29, 0.717) is 6.42 Å². The standard InChI is InChI=1S/C15H19F3N2O2/c1-10(12-4-2-3-11(7-12)8-21)19-13-5-6-20(14(13)22)9-15(16,17)18/h2-4,7,10,13,19,21H,5-6,8-9H2,1H3. The number of nitrogens with zero attached hydrogens (tertiary/aromatic N) is 1. The van der Waals surface area contributed by atoms with Gasteiger partial charge in [-0.15, -0.1) is 0 Å². The molecule has 0 aromatic heterocycles. The van der Waals surface area contributed by atoms with Gasteiger partial charge < -0.3 is 10.0 Å². The minimum Gasteiger partial charge on any atom is -0.392 e. The second kappa shape index (κ2) is 6.66. The quantitative estimate of drug-likeness (QED) is 0.873. The summed E-state index contributed by atoms with van der Waals surface area (Å²) in [5, 5.41) is 12.2. The van der Waals surface area contributed by atoms with Gasteiger partial charge in [-0.05, 0) is 24.5 Å². The van der Waals surface area contributed by atoms with Crippen molar-refractivity contribution in [3.8, 4) is 0 Å². The molecule has 0 bridgehead atoms. The maximum Gasteiger partial charge on any atom is 0.406 e. The van der Waals surface area contributed by atoms with Crippen LogP contribution < -0.4 is 5.32 Å². The summed E-state index contributed by atoms with van der Waals surface area (Å²) < 4.78 is 37.1. The Hall–Kier alpha value is -1.60. The molecule has 122 valence electrons. The Morgan fingerprint density at radius 1 is 1.45 bits per heavy atom. The molecular formula is C15H19F3N2O2. The maximum atomic E-state index is 12.4. The molecule has 4 nitrogen and oxygen atoms in total. The molecular weight excluding hydrogens is 297 g/mol. The van der Waals surface area contributed by atoms with Gasteiger partial charge >= 0.3 is 6.18 Å². The monoisotopic (exact) mass is 316 g/mol. The third-order valence-electron chi connectivity index (χ3n) is 3.75. The zero-order chi connectivity index (χ0) is 16.3. The van der Waals surface area contributed by atoms with Gasteiger partial charge in [-0.2, -0.15) is 13.2 Å². The van der Waals surface area contributed by atoms with Gasteiger partial charge in [-0.3, -0.25) is 10.1 Å². The molecule has 1 saturated heterocycles. The van der Waals surface area contributed by atoms with E-state index in [2.05, 4.69) is 5.32 Å². The summed E-state index contributed by atoms with van der Waals surface area (Å²) in [7, 11) is 0. The molecule has 1 fully saturated rings. The number of halogens is 3. The second-order valence-corrected chi connectivity index (χ2v) is 5.51. The summed E-state index contributed by atoms with van der Waals surface area (Å²) in [5.74, 6) is -0.512. The number of benzene rings is 1.